The van der Waals surface area contributed by atoms with E-state index in [2.05, 4.69) is 57.0 Å². The van der Waals surface area contributed by atoms with Crippen molar-refractivity contribution in [3.05, 3.63) is 40.5 Å². The van der Waals surface area contributed by atoms with Gasteiger partial charge in [-0.05, 0) is 82.1 Å². The third-order valence-corrected chi connectivity index (χ3v) is 6.27. The summed E-state index contributed by atoms with van der Waals surface area (Å²) in [6.45, 7) is 8.69. The monoisotopic (exact) mass is 352 g/mol. The Bertz CT molecular complexity index is 850. The van der Waals surface area contributed by atoms with E-state index in [1.165, 1.54) is 41.4 Å². The largest absolute Gasteiger partial charge is 0.491 e. The molecule has 0 spiro atoms. The fourth-order valence-electron chi connectivity index (χ4n) is 3.95. The first kappa shape index (κ1) is 17.8. The Labute approximate surface area is 156 Å². The summed E-state index contributed by atoms with van der Waals surface area (Å²) in [6, 6.07) is 6.60. The quantitative estimate of drug-likeness (QED) is 0.821. The highest BCUT2D eigenvalue weighted by atomic mass is 16.7. The van der Waals surface area contributed by atoms with E-state index in [0.29, 0.717) is 6.54 Å². The van der Waals surface area contributed by atoms with Gasteiger partial charge >= 0.3 is 7.12 Å². The molecule has 2 aromatic rings. The Morgan fingerprint density at radius 1 is 1.15 bits per heavy atom. The van der Waals surface area contributed by atoms with Crippen LogP contribution < -0.4 is 5.73 Å². The van der Waals surface area contributed by atoms with Crippen LogP contribution in [0, 0.1) is 0 Å². The van der Waals surface area contributed by atoms with E-state index in [-0.39, 0.29) is 18.3 Å². The average molecular weight is 352 g/mol. The lowest BCUT2D eigenvalue weighted by atomic mass is 9.77. The van der Waals surface area contributed by atoms with Gasteiger partial charge in [-0.25, -0.2) is 0 Å². The van der Waals surface area contributed by atoms with Crippen LogP contribution >= 0.6 is 0 Å². The molecule has 0 bridgehead atoms. The minimum atomic E-state index is -0.388. The lowest BCUT2D eigenvalue weighted by molar-refractivity contribution is 0.00578. The van der Waals surface area contributed by atoms with E-state index in [4.69, 9.17) is 15.0 Å². The molecule has 4 rings (SSSR count). The highest BCUT2D eigenvalue weighted by molar-refractivity contribution is 6.55. The van der Waals surface area contributed by atoms with Crippen LogP contribution in [0.4, 0.5) is 0 Å². The molecule has 0 amide bonds. The van der Waals surface area contributed by atoms with Gasteiger partial charge in [0.2, 0.25) is 0 Å². The molecule has 4 nitrogen and oxygen atoms in total. The van der Waals surface area contributed by atoms with Crippen molar-refractivity contribution in [3.8, 4) is 0 Å². The second-order valence-corrected chi connectivity index (χ2v) is 8.61. The van der Waals surface area contributed by atoms with E-state index < -0.39 is 0 Å². The minimum absolute atomic E-state index is 0.352. The van der Waals surface area contributed by atoms with Gasteiger partial charge in [-0.1, -0.05) is 12.1 Å². The molecule has 5 heteroatoms. The third-order valence-electron chi connectivity index (χ3n) is 6.27. The van der Waals surface area contributed by atoms with E-state index in [1.807, 2.05) is 0 Å². The number of aromatic nitrogens is 1. The molecule has 1 aliphatic heterocycles. The molecule has 3 N–H and O–H groups in total. The normalized spacial score (nSPS) is 22.0. The Kier molecular flexibility index (Phi) is 4.29. The van der Waals surface area contributed by atoms with Crippen LogP contribution in [0.1, 0.15) is 57.4 Å². The zero-order valence-electron chi connectivity index (χ0n) is 16.3. The predicted octanol–water partition coefficient (Wildman–Crippen LogP) is 4.02. The van der Waals surface area contributed by atoms with Gasteiger partial charge in [0.25, 0.3) is 0 Å². The topological polar surface area (TPSA) is 60.3 Å². The summed E-state index contributed by atoms with van der Waals surface area (Å²) in [5, 5.41) is 1.35. The molecule has 2 heterocycles. The molecule has 0 radical (unpaired) electrons. The maximum atomic E-state index is 6.18. The molecule has 1 aromatic carbocycles. The van der Waals surface area contributed by atoms with Crippen molar-refractivity contribution in [2.45, 2.75) is 64.6 Å². The second kappa shape index (κ2) is 6.26. The predicted molar refractivity (Wildman–Crippen MR) is 108 cm³/mol. The van der Waals surface area contributed by atoms with Gasteiger partial charge in [0.05, 0.1) is 11.2 Å². The van der Waals surface area contributed by atoms with Crippen molar-refractivity contribution < 1.29 is 9.31 Å². The fraction of sp³-hybridized carbons (Fsp3) is 0.524. The Morgan fingerprint density at radius 3 is 2.54 bits per heavy atom. The smallest absolute Gasteiger partial charge is 0.400 e. The van der Waals surface area contributed by atoms with Crippen LogP contribution in [0.2, 0.25) is 0 Å². The summed E-state index contributed by atoms with van der Waals surface area (Å²) in [7, 11) is -0.388. The summed E-state index contributed by atoms with van der Waals surface area (Å²) in [5.74, 6) is 0. The molecule has 1 fully saturated rings. The molecular formula is C21H29BN2O2. The van der Waals surface area contributed by atoms with E-state index in [9.17, 15) is 0 Å². The van der Waals surface area contributed by atoms with Crippen molar-refractivity contribution in [1.82, 2.24) is 4.98 Å². The summed E-state index contributed by atoms with van der Waals surface area (Å²) in [4.78, 5) is 3.59. The number of fused-ring (bicyclic) bond motifs is 3. The zero-order chi connectivity index (χ0) is 18.5. The number of nitrogens with one attached hydrogen (secondary N) is 1. The van der Waals surface area contributed by atoms with Crippen LogP contribution in [0.15, 0.2) is 23.7 Å². The maximum Gasteiger partial charge on any atom is 0.491 e. The van der Waals surface area contributed by atoms with Crippen molar-refractivity contribution in [2.75, 3.05) is 6.54 Å². The van der Waals surface area contributed by atoms with Crippen LogP contribution in [-0.2, 0) is 22.2 Å². The lowest BCUT2D eigenvalue weighted by Crippen LogP contribution is -2.41. The number of rotatable bonds is 3. The molecule has 1 aromatic heterocycles. The van der Waals surface area contributed by atoms with Crippen LogP contribution in [0.5, 0.6) is 0 Å². The van der Waals surface area contributed by atoms with Crippen LogP contribution in [0.25, 0.3) is 17.0 Å². The highest BCUT2D eigenvalue weighted by Gasteiger charge is 2.52. The number of aromatic amines is 1. The standard InChI is InChI=1S/C21H29BN2O2/c1-20(2)21(3,4)26-22(25-20)15(13-23)11-14-9-10-19-17(12-14)16-7-5-6-8-18(16)24-19/h9-12,24H,5-8,13,23H2,1-4H3. The Morgan fingerprint density at radius 2 is 1.85 bits per heavy atom. The third kappa shape index (κ3) is 2.92. The van der Waals surface area contributed by atoms with Gasteiger partial charge < -0.3 is 20.0 Å². The Balaban J connectivity index is 1.68. The van der Waals surface area contributed by atoms with Gasteiger partial charge in [-0.15, -0.1) is 0 Å². The number of nitrogens with two attached hydrogens (primary N) is 1. The molecule has 0 atom stereocenters. The van der Waals surface area contributed by atoms with Crippen LogP contribution in [-0.4, -0.2) is 29.8 Å². The first-order chi connectivity index (χ1) is 12.3. The van der Waals surface area contributed by atoms with Crippen LogP contribution in [0.3, 0.4) is 0 Å². The van der Waals surface area contributed by atoms with Crippen molar-refractivity contribution in [3.63, 3.8) is 0 Å². The zero-order valence-corrected chi connectivity index (χ0v) is 16.3. The molecule has 138 valence electrons. The molecule has 2 aliphatic rings. The molecule has 26 heavy (non-hydrogen) atoms. The second-order valence-electron chi connectivity index (χ2n) is 8.61. The van der Waals surface area contributed by atoms with Crippen molar-refractivity contribution in [1.29, 1.82) is 0 Å². The van der Waals surface area contributed by atoms with E-state index >= 15 is 0 Å². The number of benzene rings is 1. The minimum Gasteiger partial charge on any atom is -0.400 e. The van der Waals surface area contributed by atoms with Crippen molar-refractivity contribution in [2.24, 2.45) is 5.73 Å². The summed E-state index contributed by atoms with van der Waals surface area (Å²) >= 11 is 0. The molecule has 1 saturated heterocycles. The highest BCUT2D eigenvalue weighted by Crippen LogP contribution is 2.39. The number of H-pyrrole nitrogens is 1. The molecule has 0 saturated carbocycles. The number of hydrogen-bond donors (Lipinski definition) is 2. The van der Waals surface area contributed by atoms with Gasteiger partial charge in [0.1, 0.15) is 0 Å². The molecule has 1 aliphatic carbocycles. The maximum absolute atomic E-state index is 6.18. The SMILES string of the molecule is CC1(C)OB(C(=Cc2ccc3[nH]c4c(c3c2)CCCC4)CN)OC1(C)C. The molecule has 0 unspecified atom stereocenters. The van der Waals surface area contributed by atoms with Gasteiger partial charge in [-0.2, -0.15) is 0 Å². The van der Waals surface area contributed by atoms with Gasteiger partial charge in [0, 0.05) is 23.1 Å². The lowest BCUT2D eigenvalue weighted by Gasteiger charge is -2.32. The van der Waals surface area contributed by atoms with Crippen molar-refractivity contribution >= 4 is 24.1 Å². The van der Waals surface area contributed by atoms with Gasteiger partial charge in [0.15, 0.2) is 0 Å². The first-order valence-corrected chi connectivity index (χ1v) is 9.70. The fourth-order valence-corrected chi connectivity index (χ4v) is 3.95. The Hall–Kier alpha value is -1.56. The first-order valence-electron chi connectivity index (χ1n) is 9.70. The number of aryl methyl sites for hydroxylation is 2. The van der Waals surface area contributed by atoms with E-state index in [1.54, 1.807) is 0 Å². The summed E-state index contributed by atoms with van der Waals surface area (Å²) < 4.78 is 12.4. The summed E-state index contributed by atoms with van der Waals surface area (Å²) in [5.41, 5.74) is 11.6. The summed E-state index contributed by atoms with van der Waals surface area (Å²) in [6.07, 6.45) is 7.03. The average Bonchev–Trinajstić information content (AvgIpc) is 3.06. The van der Waals surface area contributed by atoms with Gasteiger partial charge in [-0.3, -0.25) is 0 Å². The number of hydrogen-bond acceptors (Lipinski definition) is 3. The van der Waals surface area contributed by atoms with E-state index in [0.717, 1.165) is 17.5 Å². The molecular weight excluding hydrogens is 323 g/mol.